The molecule has 1 amide bonds. The minimum Gasteiger partial charge on any atom is -0.300 e. The lowest BCUT2D eigenvalue weighted by molar-refractivity contribution is 0.102. The van der Waals surface area contributed by atoms with E-state index in [1.165, 1.54) is 22.7 Å². The molecular weight excluding hydrogens is 352 g/mol. The fraction of sp³-hybridized carbons (Fsp3) is 0. The van der Waals surface area contributed by atoms with Gasteiger partial charge in [0.15, 0.2) is 10.3 Å². The van der Waals surface area contributed by atoms with Crippen molar-refractivity contribution in [1.82, 2.24) is 14.5 Å². The highest BCUT2D eigenvalue weighted by Gasteiger charge is 2.14. The first-order valence-corrected chi connectivity index (χ1v) is 8.73. The zero-order valence-corrected chi connectivity index (χ0v) is 14.0. The van der Waals surface area contributed by atoms with Gasteiger partial charge in [-0.2, -0.15) is 0 Å². The van der Waals surface area contributed by atoms with E-state index < -0.39 is 0 Å². The van der Waals surface area contributed by atoms with Crippen molar-refractivity contribution in [3.05, 3.63) is 58.8 Å². The van der Waals surface area contributed by atoms with Crippen molar-refractivity contribution in [3.8, 4) is 5.13 Å². The number of nitrogens with one attached hydrogen (secondary N) is 1. The predicted molar refractivity (Wildman–Crippen MR) is 94.0 cm³/mol. The van der Waals surface area contributed by atoms with Gasteiger partial charge >= 0.3 is 0 Å². The van der Waals surface area contributed by atoms with Crippen LogP contribution < -0.4 is 5.32 Å². The molecule has 0 unspecified atom stereocenters. The molecule has 114 valence electrons. The predicted octanol–water partition coefficient (Wildman–Crippen LogP) is 4.45. The van der Waals surface area contributed by atoms with E-state index in [0.717, 1.165) is 15.3 Å². The molecule has 1 aromatic carbocycles. The number of benzene rings is 1. The van der Waals surface area contributed by atoms with E-state index in [9.17, 15) is 4.79 Å². The minimum atomic E-state index is -0.273. The second-order valence-corrected chi connectivity index (χ2v) is 6.99. The monoisotopic (exact) mass is 360 g/mol. The lowest BCUT2D eigenvalue weighted by Crippen LogP contribution is -2.12. The van der Waals surface area contributed by atoms with Gasteiger partial charge < -0.3 is 4.57 Å². The van der Waals surface area contributed by atoms with Crippen molar-refractivity contribution in [1.29, 1.82) is 0 Å². The molecule has 4 rings (SSSR count). The highest BCUT2D eigenvalue weighted by Crippen LogP contribution is 2.28. The summed E-state index contributed by atoms with van der Waals surface area (Å²) in [6.07, 6.45) is 3.77. The molecule has 4 aromatic rings. The summed E-state index contributed by atoms with van der Waals surface area (Å²) >= 11 is 8.75. The van der Waals surface area contributed by atoms with Crippen LogP contribution >= 0.6 is 34.3 Å². The summed E-state index contributed by atoms with van der Waals surface area (Å²) in [5, 5.41) is 6.44. The van der Waals surface area contributed by atoms with E-state index in [1.807, 2.05) is 41.2 Å². The van der Waals surface area contributed by atoms with Crippen molar-refractivity contribution in [3.63, 3.8) is 0 Å². The van der Waals surface area contributed by atoms with E-state index in [4.69, 9.17) is 11.6 Å². The number of carbonyl (C=O) groups is 1. The number of fused-ring (bicyclic) bond motifs is 1. The van der Waals surface area contributed by atoms with Crippen molar-refractivity contribution < 1.29 is 4.79 Å². The Balaban J connectivity index is 1.57. The van der Waals surface area contributed by atoms with E-state index in [1.54, 1.807) is 11.4 Å². The Morgan fingerprint density at radius 1 is 1.22 bits per heavy atom. The second-order valence-electron chi connectivity index (χ2n) is 4.69. The SMILES string of the molecule is O=C(Nc1nc2ccc(Cl)cc2s1)c1csc(-n2cccc2)n1. The molecule has 0 aliphatic rings. The molecule has 0 radical (unpaired) electrons. The Kier molecular flexibility index (Phi) is 3.60. The van der Waals surface area contributed by atoms with Crippen LogP contribution in [0, 0.1) is 0 Å². The zero-order chi connectivity index (χ0) is 15.8. The fourth-order valence-electron chi connectivity index (χ4n) is 2.06. The lowest BCUT2D eigenvalue weighted by Gasteiger charge is -1.97. The Labute approximate surface area is 144 Å². The molecule has 1 N–H and O–H groups in total. The smallest absolute Gasteiger partial charge is 0.276 e. The van der Waals surface area contributed by atoms with Gasteiger partial charge in [-0.25, -0.2) is 9.97 Å². The summed E-state index contributed by atoms with van der Waals surface area (Å²) in [5.41, 5.74) is 1.18. The maximum atomic E-state index is 12.3. The summed E-state index contributed by atoms with van der Waals surface area (Å²) in [5.74, 6) is -0.273. The number of aromatic nitrogens is 3. The molecule has 3 aromatic heterocycles. The quantitative estimate of drug-likeness (QED) is 0.587. The van der Waals surface area contributed by atoms with Crippen LogP contribution in [0.3, 0.4) is 0 Å². The van der Waals surface area contributed by atoms with Crippen LogP contribution in [-0.2, 0) is 0 Å². The van der Waals surface area contributed by atoms with Gasteiger partial charge in [-0.15, -0.1) is 11.3 Å². The molecule has 0 saturated carbocycles. The normalized spacial score (nSPS) is 11.0. The Morgan fingerprint density at radius 3 is 2.87 bits per heavy atom. The third kappa shape index (κ3) is 2.86. The Hall–Kier alpha value is -2.22. The van der Waals surface area contributed by atoms with E-state index in [0.29, 0.717) is 15.8 Å². The minimum absolute atomic E-state index is 0.273. The highest BCUT2D eigenvalue weighted by atomic mass is 35.5. The van der Waals surface area contributed by atoms with Gasteiger partial charge in [0.1, 0.15) is 5.69 Å². The van der Waals surface area contributed by atoms with Gasteiger partial charge in [-0.05, 0) is 30.3 Å². The average molecular weight is 361 g/mol. The Bertz CT molecular complexity index is 990. The molecule has 0 aliphatic carbocycles. The molecule has 0 bridgehead atoms. The number of anilines is 1. The molecule has 8 heteroatoms. The number of rotatable bonds is 3. The second kappa shape index (κ2) is 5.77. The molecule has 0 spiro atoms. The van der Waals surface area contributed by atoms with Crippen LogP contribution in [0.15, 0.2) is 48.1 Å². The number of hydrogen-bond donors (Lipinski definition) is 1. The summed E-state index contributed by atoms with van der Waals surface area (Å²) in [4.78, 5) is 21.0. The summed E-state index contributed by atoms with van der Waals surface area (Å²) in [7, 11) is 0. The van der Waals surface area contributed by atoms with Crippen LogP contribution in [0.4, 0.5) is 5.13 Å². The zero-order valence-electron chi connectivity index (χ0n) is 11.6. The number of amides is 1. The Morgan fingerprint density at radius 2 is 2.04 bits per heavy atom. The fourth-order valence-corrected chi connectivity index (χ4v) is 3.97. The highest BCUT2D eigenvalue weighted by molar-refractivity contribution is 7.22. The van der Waals surface area contributed by atoms with Crippen LogP contribution in [0.2, 0.25) is 5.02 Å². The van der Waals surface area contributed by atoms with Crippen LogP contribution in [0.1, 0.15) is 10.5 Å². The molecule has 0 aliphatic heterocycles. The van der Waals surface area contributed by atoms with Gasteiger partial charge in [0, 0.05) is 22.8 Å². The first-order chi connectivity index (χ1) is 11.2. The van der Waals surface area contributed by atoms with Gasteiger partial charge in [-0.3, -0.25) is 10.1 Å². The number of hydrogen-bond acceptors (Lipinski definition) is 5. The summed E-state index contributed by atoms with van der Waals surface area (Å²) in [6, 6.07) is 9.26. The molecule has 5 nitrogen and oxygen atoms in total. The van der Waals surface area contributed by atoms with E-state index >= 15 is 0 Å². The number of nitrogens with zero attached hydrogens (tertiary/aromatic N) is 3. The van der Waals surface area contributed by atoms with Crippen LogP contribution in [0.5, 0.6) is 0 Å². The lowest BCUT2D eigenvalue weighted by atomic mass is 10.3. The molecular formula is C15H9ClN4OS2. The first-order valence-electron chi connectivity index (χ1n) is 6.65. The third-order valence-corrected chi connectivity index (χ3v) is 5.14. The van der Waals surface area contributed by atoms with Gasteiger partial charge in [0.05, 0.1) is 10.2 Å². The topological polar surface area (TPSA) is 59.8 Å². The summed E-state index contributed by atoms with van der Waals surface area (Å²) < 4.78 is 2.79. The molecule has 23 heavy (non-hydrogen) atoms. The summed E-state index contributed by atoms with van der Waals surface area (Å²) in [6.45, 7) is 0. The molecule has 3 heterocycles. The maximum absolute atomic E-state index is 12.3. The molecule has 0 fully saturated rings. The van der Waals surface area contributed by atoms with Crippen molar-refractivity contribution in [2.45, 2.75) is 0 Å². The van der Waals surface area contributed by atoms with Gasteiger partial charge in [-0.1, -0.05) is 22.9 Å². The molecule has 0 atom stereocenters. The van der Waals surface area contributed by atoms with Crippen molar-refractivity contribution in [2.75, 3.05) is 5.32 Å². The molecule has 0 saturated heterocycles. The van der Waals surface area contributed by atoms with Crippen LogP contribution in [-0.4, -0.2) is 20.4 Å². The maximum Gasteiger partial charge on any atom is 0.276 e. The van der Waals surface area contributed by atoms with Crippen LogP contribution in [0.25, 0.3) is 15.3 Å². The van der Waals surface area contributed by atoms with Gasteiger partial charge in [0.2, 0.25) is 0 Å². The standard InChI is InChI=1S/C15H9ClN4OS2/c16-9-3-4-10-12(7-9)23-14(17-10)19-13(21)11-8-22-15(18-11)20-5-1-2-6-20/h1-8H,(H,17,19,21). The average Bonchev–Trinajstić information content (AvgIpc) is 3.26. The van der Waals surface area contributed by atoms with E-state index in [2.05, 4.69) is 15.3 Å². The van der Waals surface area contributed by atoms with Crippen molar-refractivity contribution in [2.24, 2.45) is 0 Å². The first kappa shape index (κ1) is 14.4. The largest absolute Gasteiger partial charge is 0.300 e. The van der Waals surface area contributed by atoms with E-state index in [-0.39, 0.29) is 5.91 Å². The number of halogens is 1. The van der Waals surface area contributed by atoms with Gasteiger partial charge in [0.25, 0.3) is 5.91 Å². The third-order valence-electron chi connectivity index (χ3n) is 3.12. The van der Waals surface area contributed by atoms with Crippen molar-refractivity contribution >= 4 is 55.5 Å². The number of thiazole rings is 2. The number of carbonyl (C=O) groups excluding carboxylic acids is 1.